The number of fused-ring (bicyclic) bond motifs is 1. The zero-order valence-electron chi connectivity index (χ0n) is 18.7. The molecule has 0 radical (unpaired) electrons. The van der Waals surface area contributed by atoms with Crippen LogP contribution in [0.15, 0.2) is 77.1 Å². The van der Waals surface area contributed by atoms with E-state index in [0.29, 0.717) is 0 Å². The Morgan fingerprint density at radius 1 is 1.03 bits per heavy atom. The number of aromatic nitrogens is 1. The molecular weight excluding hydrogens is 430 g/mol. The average Bonchev–Trinajstić information content (AvgIpc) is 3.21. The molecule has 1 unspecified atom stereocenters. The highest BCUT2D eigenvalue weighted by Gasteiger charge is 2.25. The SMILES string of the molecule is Cc1cc(C)cc(N=c2scc(-c3cccc([N+](=O)[O-])c3)n2C2CCCc3ccccc32)c1. The number of hydrogen-bond donors (Lipinski definition) is 0. The minimum Gasteiger partial charge on any atom is -0.309 e. The van der Waals surface area contributed by atoms with E-state index in [1.165, 1.54) is 28.3 Å². The van der Waals surface area contributed by atoms with Crippen molar-refractivity contribution >= 4 is 22.7 Å². The number of benzene rings is 3. The van der Waals surface area contributed by atoms with Gasteiger partial charge < -0.3 is 4.57 Å². The Morgan fingerprint density at radius 2 is 1.82 bits per heavy atom. The number of rotatable bonds is 4. The van der Waals surface area contributed by atoms with Crippen molar-refractivity contribution in [1.82, 2.24) is 4.57 Å². The number of non-ortho nitro benzene ring substituents is 1. The van der Waals surface area contributed by atoms with Crippen LogP contribution < -0.4 is 4.80 Å². The minimum atomic E-state index is -0.336. The molecule has 1 heterocycles. The number of nitro groups is 1. The largest absolute Gasteiger partial charge is 0.309 e. The topological polar surface area (TPSA) is 60.4 Å². The van der Waals surface area contributed by atoms with Crippen molar-refractivity contribution < 1.29 is 4.92 Å². The lowest BCUT2D eigenvalue weighted by molar-refractivity contribution is -0.384. The van der Waals surface area contributed by atoms with Gasteiger partial charge in [-0.15, -0.1) is 11.3 Å². The van der Waals surface area contributed by atoms with Gasteiger partial charge in [0.15, 0.2) is 4.80 Å². The van der Waals surface area contributed by atoms with E-state index in [1.54, 1.807) is 23.5 Å². The van der Waals surface area contributed by atoms with Crippen molar-refractivity contribution in [2.45, 2.75) is 39.2 Å². The van der Waals surface area contributed by atoms with Crippen LogP contribution in [0.5, 0.6) is 0 Å². The lowest BCUT2D eigenvalue weighted by Crippen LogP contribution is -2.26. The van der Waals surface area contributed by atoms with Crippen LogP contribution in [0.3, 0.4) is 0 Å². The maximum atomic E-state index is 11.4. The summed E-state index contributed by atoms with van der Waals surface area (Å²) in [6, 6.07) is 22.0. The second kappa shape index (κ2) is 8.79. The molecule has 166 valence electrons. The molecular formula is C27H25N3O2S. The van der Waals surface area contributed by atoms with Crippen LogP contribution in [0.2, 0.25) is 0 Å². The monoisotopic (exact) mass is 455 g/mol. The lowest BCUT2D eigenvalue weighted by Gasteiger charge is -2.28. The molecule has 1 atom stereocenters. The highest BCUT2D eigenvalue weighted by Crippen LogP contribution is 2.36. The van der Waals surface area contributed by atoms with Gasteiger partial charge in [0, 0.05) is 23.1 Å². The molecule has 6 heteroatoms. The maximum absolute atomic E-state index is 11.4. The van der Waals surface area contributed by atoms with Gasteiger partial charge in [-0.3, -0.25) is 10.1 Å². The molecule has 0 N–H and O–H groups in total. The van der Waals surface area contributed by atoms with Crippen LogP contribution in [0.25, 0.3) is 11.3 Å². The first-order chi connectivity index (χ1) is 16.0. The van der Waals surface area contributed by atoms with E-state index in [4.69, 9.17) is 4.99 Å². The van der Waals surface area contributed by atoms with Crippen LogP contribution >= 0.6 is 11.3 Å². The average molecular weight is 456 g/mol. The van der Waals surface area contributed by atoms with Gasteiger partial charge in [0.1, 0.15) is 0 Å². The van der Waals surface area contributed by atoms with E-state index in [2.05, 4.69) is 66.3 Å². The van der Waals surface area contributed by atoms with Crippen LogP contribution in [-0.2, 0) is 6.42 Å². The Balaban J connectivity index is 1.75. The molecule has 0 amide bonds. The molecule has 3 aromatic carbocycles. The molecule has 1 aliphatic rings. The molecule has 33 heavy (non-hydrogen) atoms. The lowest BCUT2D eigenvalue weighted by atomic mass is 9.87. The van der Waals surface area contributed by atoms with Crippen molar-refractivity contribution in [2.24, 2.45) is 4.99 Å². The van der Waals surface area contributed by atoms with Gasteiger partial charge in [-0.05, 0) is 67.5 Å². The summed E-state index contributed by atoms with van der Waals surface area (Å²) in [4.78, 5) is 17.1. The number of thiazole rings is 1. The van der Waals surface area contributed by atoms with E-state index in [1.807, 2.05) is 6.07 Å². The summed E-state index contributed by atoms with van der Waals surface area (Å²) in [6.45, 7) is 4.17. The van der Waals surface area contributed by atoms with Crippen LogP contribution in [-0.4, -0.2) is 9.49 Å². The third-order valence-electron chi connectivity index (χ3n) is 6.17. The zero-order valence-corrected chi connectivity index (χ0v) is 19.5. The van der Waals surface area contributed by atoms with Gasteiger partial charge in [0.05, 0.1) is 22.3 Å². The Morgan fingerprint density at radius 3 is 2.61 bits per heavy atom. The van der Waals surface area contributed by atoms with Crippen molar-refractivity contribution in [3.8, 4) is 11.3 Å². The number of nitrogens with zero attached hydrogens (tertiary/aromatic N) is 3. The highest BCUT2D eigenvalue weighted by molar-refractivity contribution is 7.07. The fourth-order valence-corrected chi connectivity index (χ4v) is 5.78. The molecule has 1 aromatic heterocycles. The Labute approximate surface area is 196 Å². The summed E-state index contributed by atoms with van der Waals surface area (Å²) in [5.74, 6) is 0. The summed E-state index contributed by atoms with van der Waals surface area (Å²) in [5, 5.41) is 13.5. The predicted octanol–water partition coefficient (Wildman–Crippen LogP) is 6.90. The van der Waals surface area contributed by atoms with Gasteiger partial charge in [-0.1, -0.05) is 42.5 Å². The summed E-state index contributed by atoms with van der Waals surface area (Å²) in [7, 11) is 0. The van der Waals surface area contributed by atoms with E-state index in [9.17, 15) is 10.1 Å². The van der Waals surface area contributed by atoms with Crippen molar-refractivity contribution in [3.05, 3.63) is 109 Å². The molecule has 1 aliphatic carbocycles. The summed E-state index contributed by atoms with van der Waals surface area (Å²) >= 11 is 1.59. The third-order valence-corrected chi connectivity index (χ3v) is 7.01. The smallest absolute Gasteiger partial charge is 0.270 e. The predicted molar refractivity (Wildman–Crippen MR) is 133 cm³/mol. The number of nitro benzene ring substituents is 1. The van der Waals surface area contributed by atoms with Gasteiger partial charge in [0.25, 0.3) is 5.69 Å². The van der Waals surface area contributed by atoms with Crippen LogP contribution in [0, 0.1) is 24.0 Å². The summed E-state index contributed by atoms with van der Waals surface area (Å²) < 4.78 is 2.29. The molecule has 4 aromatic rings. The van der Waals surface area contributed by atoms with Crippen molar-refractivity contribution in [1.29, 1.82) is 0 Å². The molecule has 0 aliphatic heterocycles. The van der Waals surface area contributed by atoms with Gasteiger partial charge in [-0.25, -0.2) is 4.99 Å². The van der Waals surface area contributed by atoms with Crippen molar-refractivity contribution in [3.63, 3.8) is 0 Å². The second-order valence-electron chi connectivity index (χ2n) is 8.65. The first-order valence-corrected chi connectivity index (χ1v) is 12.0. The molecule has 5 rings (SSSR count). The van der Waals surface area contributed by atoms with Gasteiger partial charge in [-0.2, -0.15) is 0 Å². The molecule has 0 fully saturated rings. The number of aryl methyl sites for hydroxylation is 3. The highest BCUT2D eigenvalue weighted by atomic mass is 32.1. The standard InChI is InChI=1S/C27H25N3O2S/c1-18-13-19(2)15-22(14-18)28-27-29(25-12-6-8-20-7-3-4-11-24(20)25)26(17-33-27)21-9-5-10-23(16-21)30(31)32/h3-5,7,9-11,13-17,25H,6,8,12H2,1-2H3. The molecule has 0 saturated heterocycles. The number of hydrogen-bond acceptors (Lipinski definition) is 4. The quantitative estimate of drug-likeness (QED) is 0.248. The van der Waals surface area contributed by atoms with Gasteiger partial charge >= 0.3 is 0 Å². The fourth-order valence-electron chi connectivity index (χ4n) is 4.81. The first kappa shape index (κ1) is 21.3. The van der Waals surface area contributed by atoms with Crippen LogP contribution in [0.1, 0.15) is 41.1 Å². The minimum absolute atomic E-state index is 0.0992. The fraction of sp³-hybridized carbons (Fsp3) is 0.222. The van der Waals surface area contributed by atoms with Gasteiger partial charge in [0.2, 0.25) is 0 Å². The van der Waals surface area contributed by atoms with E-state index >= 15 is 0 Å². The van der Waals surface area contributed by atoms with E-state index in [-0.39, 0.29) is 16.7 Å². The molecule has 0 bridgehead atoms. The molecule has 0 saturated carbocycles. The second-order valence-corrected chi connectivity index (χ2v) is 9.48. The Hall–Kier alpha value is -3.51. The van der Waals surface area contributed by atoms with E-state index in [0.717, 1.165) is 41.0 Å². The Kier molecular flexibility index (Phi) is 5.68. The Bertz CT molecular complexity index is 1400. The van der Waals surface area contributed by atoms with Crippen LogP contribution in [0.4, 0.5) is 11.4 Å². The molecule has 0 spiro atoms. The zero-order chi connectivity index (χ0) is 22.9. The summed E-state index contributed by atoms with van der Waals surface area (Å²) in [5.41, 5.74) is 7.88. The maximum Gasteiger partial charge on any atom is 0.270 e. The van der Waals surface area contributed by atoms with Crippen molar-refractivity contribution in [2.75, 3.05) is 0 Å². The van der Waals surface area contributed by atoms with E-state index < -0.39 is 0 Å². The normalized spacial score (nSPS) is 15.9. The molecule has 5 nitrogen and oxygen atoms in total. The third kappa shape index (κ3) is 4.26. The summed E-state index contributed by atoms with van der Waals surface area (Å²) in [6.07, 6.45) is 3.19. The first-order valence-electron chi connectivity index (χ1n) is 11.2.